The van der Waals surface area contributed by atoms with Gasteiger partial charge in [-0.25, -0.2) is 0 Å². The van der Waals surface area contributed by atoms with Gasteiger partial charge >= 0.3 is 91.8 Å². The van der Waals surface area contributed by atoms with Gasteiger partial charge in [0.1, 0.15) is 0 Å². The summed E-state index contributed by atoms with van der Waals surface area (Å²) in [6.07, 6.45) is 0. The molecule has 0 aliphatic carbocycles. The molecule has 0 saturated heterocycles. The predicted octanol–water partition coefficient (Wildman–Crippen LogP) is 2.05. The molecule has 0 aliphatic heterocycles. The average Bonchev–Trinajstić information content (AvgIpc) is 2.14. The Hall–Kier alpha value is -0.591. The molecule has 1 nitrogen and oxygen atoms in total. The fourth-order valence-electron chi connectivity index (χ4n) is 0.882. The van der Waals surface area contributed by atoms with Crippen molar-refractivity contribution in [1.82, 2.24) is 0 Å². The van der Waals surface area contributed by atoms with Crippen molar-refractivity contribution in [2.45, 2.75) is 26.1 Å². The molecule has 1 aromatic carbocycles. The number of benzene rings is 1. The van der Waals surface area contributed by atoms with E-state index < -0.39 is 0 Å². The maximum absolute atomic E-state index is 11.7. The maximum atomic E-state index is 11.7. The summed E-state index contributed by atoms with van der Waals surface area (Å²) in [7, 11) is 0. The van der Waals surface area contributed by atoms with Crippen LogP contribution in [0.25, 0.3) is 0 Å². The summed E-state index contributed by atoms with van der Waals surface area (Å²) in [6, 6.07) is 10.2. The Morgan fingerprint density at radius 3 is 2.29 bits per heavy atom. The molecule has 0 aliphatic rings. The molecule has 0 heterocycles. The molecule has 2 heteroatoms. The van der Waals surface area contributed by atoms with Gasteiger partial charge in [-0.3, -0.25) is 0 Å². The van der Waals surface area contributed by atoms with Crippen LogP contribution in [0.4, 0.5) is 0 Å². The van der Waals surface area contributed by atoms with Gasteiger partial charge in [0.2, 0.25) is 0 Å². The zero-order valence-corrected chi connectivity index (χ0v) is 10.6. The van der Waals surface area contributed by atoms with Crippen LogP contribution in [0.1, 0.15) is 20.8 Å². The summed E-state index contributed by atoms with van der Waals surface area (Å²) in [4.78, 5) is 11.7. The van der Waals surface area contributed by atoms with Crippen LogP contribution in [-0.2, 0) is 4.79 Å². The molecule has 0 aromatic heterocycles. The predicted molar refractivity (Wildman–Crippen MR) is 61.1 cm³/mol. The summed E-state index contributed by atoms with van der Waals surface area (Å²) in [5.41, 5.74) is -0.184. The van der Waals surface area contributed by atoms with Crippen LogP contribution in [0.2, 0.25) is 5.32 Å². The Labute approximate surface area is 92.1 Å². The van der Waals surface area contributed by atoms with Crippen molar-refractivity contribution in [3.8, 4) is 0 Å². The fraction of sp³-hybridized carbons (Fsp3) is 0.417. The summed E-state index contributed by atoms with van der Waals surface area (Å²) >= 11 is 0.297. The molecule has 0 bridgehead atoms. The molecule has 0 atom stereocenters. The number of hydrogen-bond acceptors (Lipinski definition) is 1. The number of hydrogen-bond donors (Lipinski definition) is 0. The summed E-state index contributed by atoms with van der Waals surface area (Å²) in [5, 5.41) is 0.709. The van der Waals surface area contributed by atoms with E-state index in [1.165, 1.54) is 4.46 Å². The molecule has 14 heavy (non-hydrogen) atoms. The van der Waals surface area contributed by atoms with E-state index in [-0.39, 0.29) is 5.41 Å². The normalized spacial score (nSPS) is 11.4. The number of carbonyl (C=O) groups is 1. The minimum absolute atomic E-state index is 0.184. The molecule has 76 valence electrons. The Bertz CT molecular complexity index is 298. The van der Waals surface area contributed by atoms with E-state index >= 15 is 0 Å². The van der Waals surface area contributed by atoms with E-state index in [4.69, 9.17) is 0 Å². The zero-order valence-electron chi connectivity index (χ0n) is 8.91. The molecular formula is C12H16OSe. The number of Topliss-reactive ketones (excluding diaryl/α,β-unsaturated/α-hetero) is 1. The van der Waals surface area contributed by atoms with Gasteiger partial charge in [-0.2, -0.15) is 0 Å². The Balaban J connectivity index is 2.46. The molecule has 0 saturated carbocycles. The van der Waals surface area contributed by atoms with Crippen molar-refractivity contribution in [1.29, 1.82) is 0 Å². The second-order valence-corrected chi connectivity index (χ2v) is 6.48. The number of carbonyl (C=O) groups excluding carboxylic acids is 1. The van der Waals surface area contributed by atoms with E-state index in [1.54, 1.807) is 0 Å². The molecule has 0 fully saturated rings. The van der Waals surface area contributed by atoms with Gasteiger partial charge in [-0.15, -0.1) is 0 Å². The first-order chi connectivity index (χ1) is 6.50. The topological polar surface area (TPSA) is 17.1 Å². The third-order valence-electron chi connectivity index (χ3n) is 1.95. The van der Waals surface area contributed by atoms with E-state index in [0.717, 1.165) is 0 Å². The van der Waals surface area contributed by atoms with Crippen LogP contribution in [0, 0.1) is 5.41 Å². The van der Waals surface area contributed by atoms with Gasteiger partial charge in [0.25, 0.3) is 0 Å². The standard InChI is InChI=1S/C12H16OSe/c1-12(2,3)11(13)9-14-10-7-5-4-6-8-10/h4-8H,9H2,1-3H3. The van der Waals surface area contributed by atoms with Crippen LogP contribution in [-0.4, -0.2) is 20.7 Å². The molecule has 1 aromatic rings. The Morgan fingerprint density at radius 2 is 1.79 bits per heavy atom. The second kappa shape index (κ2) is 4.77. The average molecular weight is 255 g/mol. The van der Waals surface area contributed by atoms with Crippen molar-refractivity contribution in [2.24, 2.45) is 5.41 Å². The summed E-state index contributed by atoms with van der Waals surface area (Å²) in [5.74, 6) is 0.362. The third kappa shape index (κ3) is 3.65. The van der Waals surface area contributed by atoms with Crippen LogP contribution in [0.15, 0.2) is 30.3 Å². The first-order valence-corrected chi connectivity index (χ1v) is 6.78. The van der Waals surface area contributed by atoms with Gasteiger partial charge < -0.3 is 0 Å². The van der Waals surface area contributed by atoms with Crippen molar-refractivity contribution in [2.75, 3.05) is 0 Å². The number of ketones is 1. The van der Waals surface area contributed by atoms with Gasteiger partial charge in [0.05, 0.1) is 0 Å². The quantitative estimate of drug-likeness (QED) is 0.755. The van der Waals surface area contributed by atoms with Crippen molar-refractivity contribution < 1.29 is 4.79 Å². The van der Waals surface area contributed by atoms with Gasteiger partial charge in [0, 0.05) is 0 Å². The molecule has 0 unspecified atom stereocenters. The number of rotatable bonds is 3. The van der Waals surface area contributed by atoms with Gasteiger partial charge in [0.15, 0.2) is 0 Å². The fourth-order valence-corrected chi connectivity index (χ4v) is 3.15. The van der Waals surface area contributed by atoms with Crippen LogP contribution < -0.4 is 4.46 Å². The van der Waals surface area contributed by atoms with Crippen molar-refractivity contribution >= 4 is 25.2 Å². The SMILES string of the molecule is CC(C)(C)C(=O)C[Se]c1ccccc1. The summed E-state index contributed by atoms with van der Waals surface area (Å²) in [6.45, 7) is 5.95. The molecule has 0 spiro atoms. The first-order valence-electron chi connectivity index (χ1n) is 4.71. The third-order valence-corrected chi connectivity index (χ3v) is 4.07. The van der Waals surface area contributed by atoms with Crippen molar-refractivity contribution in [3.63, 3.8) is 0 Å². The molecule has 0 radical (unpaired) electrons. The monoisotopic (exact) mass is 256 g/mol. The molecule has 0 N–H and O–H groups in total. The Kier molecular flexibility index (Phi) is 3.91. The van der Waals surface area contributed by atoms with E-state index in [2.05, 4.69) is 12.1 Å². The second-order valence-electron chi connectivity index (χ2n) is 4.27. The Morgan fingerprint density at radius 1 is 1.21 bits per heavy atom. The van der Waals surface area contributed by atoms with E-state index in [0.29, 0.717) is 26.1 Å². The molecule has 0 amide bonds. The zero-order chi connectivity index (χ0) is 10.6. The van der Waals surface area contributed by atoms with Crippen LogP contribution in [0.3, 0.4) is 0 Å². The van der Waals surface area contributed by atoms with Crippen molar-refractivity contribution in [3.05, 3.63) is 30.3 Å². The van der Waals surface area contributed by atoms with Gasteiger partial charge in [-0.05, 0) is 0 Å². The van der Waals surface area contributed by atoms with Gasteiger partial charge in [-0.1, -0.05) is 0 Å². The molecular weight excluding hydrogens is 239 g/mol. The summed E-state index contributed by atoms with van der Waals surface area (Å²) < 4.78 is 1.30. The van der Waals surface area contributed by atoms with E-state index in [1.807, 2.05) is 39.0 Å². The molecule has 1 rings (SSSR count). The van der Waals surface area contributed by atoms with Crippen LogP contribution >= 0.6 is 0 Å². The van der Waals surface area contributed by atoms with E-state index in [9.17, 15) is 4.79 Å². The van der Waals surface area contributed by atoms with Crippen LogP contribution in [0.5, 0.6) is 0 Å². The minimum atomic E-state index is -0.184. The first kappa shape index (κ1) is 11.5.